The van der Waals surface area contributed by atoms with Crippen molar-refractivity contribution in [2.75, 3.05) is 6.61 Å². The Kier molecular flexibility index (Phi) is 5.99. The standard InChI is InChI=1S/C16H24ClFN2O/c1-2-21-16(9-5-3-4-6-10-16)15(20-19)13-8-7-12(17)11-14(13)18/h7-8,11,15,20H,2-6,9-10,19H2,1H3. The summed E-state index contributed by atoms with van der Waals surface area (Å²) in [6.07, 6.45) is 6.31. The van der Waals surface area contributed by atoms with Gasteiger partial charge >= 0.3 is 0 Å². The van der Waals surface area contributed by atoms with Crippen LogP contribution in [0.5, 0.6) is 0 Å². The van der Waals surface area contributed by atoms with Gasteiger partial charge < -0.3 is 4.74 Å². The molecule has 0 aliphatic heterocycles. The molecule has 3 nitrogen and oxygen atoms in total. The molecule has 0 heterocycles. The van der Waals surface area contributed by atoms with Gasteiger partial charge in [0.2, 0.25) is 0 Å². The Morgan fingerprint density at radius 1 is 1.33 bits per heavy atom. The second kappa shape index (κ2) is 7.54. The molecule has 1 aromatic carbocycles. The van der Waals surface area contributed by atoms with Crippen LogP contribution < -0.4 is 11.3 Å². The van der Waals surface area contributed by atoms with Crippen molar-refractivity contribution in [2.24, 2.45) is 5.84 Å². The SMILES string of the molecule is CCOC1(C(NN)c2ccc(Cl)cc2F)CCCCCC1. The second-order valence-electron chi connectivity index (χ2n) is 5.68. The van der Waals surface area contributed by atoms with Crippen molar-refractivity contribution >= 4 is 11.6 Å². The van der Waals surface area contributed by atoms with E-state index in [1.54, 1.807) is 12.1 Å². The van der Waals surface area contributed by atoms with E-state index in [1.165, 1.54) is 18.9 Å². The lowest BCUT2D eigenvalue weighted by Gasteiger charge is -2.40. The number of nitrogens with one attached hydrogen (secondary N) is 1. The molecule has 0 aromatic heterocycles. The van der Waals surface area contributed by atoms with Crippen molar-refractivity contribution in [1.29, 1.82) is 0 Å². The molecule has 0 saturated heterocycles. The van der Waals surface area contributed by atoms with Crippen LogP contribution in [0.2, 0.25) is 5.02 Å². The van der Waals surface area contributed by atoms with Gasteiger partial charge in [0.25, 0.3) is 0 Å². The Labute approximate surface area is 131 Å². The summed E-state index contributed by atoms with van der Waals surface area (Å²) >= 11 is 5.85. The molecule has 1 unspecified atom stereocenters. The molecule has 0 bridgehead atoms. The van der Waals surface area contributed by atoms with E-state index in [9.17, 15) is 4.39 Å². The maximum Gasteiger partial charge on any atom is 0.129 e. The first kappa shape index (κ1) is 16.7. The fourth-order valence-corrected chi connectivity index (χ4v) is 3.55. The highest BCUT2D eigenvalue weighted by Crippen LogP contribution is 2.41. The summed E-state index contributed by atoms with van der Waals surface area (Å²) in [4.78, 5) is 0. The highest BCUT2D eigenvalue weighted by atomic mass is 35.5. The molecule has 118 valence electrons. The van der Waals surface area contributed by atoms with E-state index in [0.717, 1.165) is 25.7 Å². The van der Waals surface area contributed by atoms with Gasteiger partial charge in [-0.05, 0) is 31.9 Å². The Balaban J connectivity index is 2.38. The lowest BCUT2D eigenvalue weighted by atomic mass is 9.82. The molecule has 3 N–H and O–H groups in total. The van der Waals surface area contributed by atoms with Crippen LogP contribution in [0, 0.1) is 5.82 Å². The lowest BCUT2D eigenvalue weighted by Crippen LogP contribution is -2.48. The van der Waals surface area contributed by atoms with Crippen molar-refractivity contribution < 1.29 is 9.13 Å². The molecule has 1 aliphatic rings. The summed E-state index contributed by atoms with van der Waals surface area (Å²) in [7, 11) is 0. The van der Waals surface area contributed by atoms with Crippen molar-refractivity contribution in [3.05, 3.63) is 34.6 Å². The maximum absolute atomic E-state index is 14.3. The molecule has 1 fully saturated rings. The minimum absolute atomic E-state index is 0.339. The predicted molar refractivity (Wildman–Crippen MR) is 83.5 cm³/mol. The van der Waals surface area contributed by atoms with Gasteiger partial charge in [-0.1, -0.05) is 43.4 Å². The summed E-state index contributed by atoms with van der Waals surface area (Å²) in [6.45, 7) is 2.56. The molecule has 0 amide bonds. The minimum Gasteiger partial charge on any atom is -0.373 e. The number of hydrogen-bond donors (Lipinski definition) is 2. The van der Waals surface area contributed by atoms with E-state index in [2.05, 4.69) is 5.43 Å². The largest absolute Gasteiger partial charge is 0.373 e. The van der Waals surface area contributed by atoms with Crippen LogP contribution in [0.1, 0.15) is 57.1 Å². The minimum atomic E-state index is -0.450. The molecule has 1 atom stereocenters. The molecule has 1 aromatic rings. The summed E-state index contributed by atoms with van der Waals surface area (Å²) in [5, 5.41) is 0.387. The number of halogens is 2. The average Bonchev–Trinajstić information content (AvgIpc) is 2.69. The molecule has 5 heteroatoms. The zero-order chi connectivity index (χ0) is 15.3. The van der Waals surface area contributed by atoms with Gasteiger partial charge in [-0.3, -0.25) is 5.84 Å². The smallest absolute Gasteiger partial charge is 0.129 e. The fourth-order valence-electron chi connectivity index (χ4n) is 3.39. The first-order valence-electron chi connectivity index (χ1n) is 7.68. The van der Waals surface area contributed by atoms with Crippen LogP contribution in [0.3, 0.4) is 0 Å². The van der Waals surface area contributed by atoms with Gasteiger partial charge in [-0.25, -0.2) is 9.82 Å². The second-order valence-corrected chi connectivity index (χ2v) is 6.11. The zero-order valence-electron chi connectivity index (χ0n) is 12.5. The summed E-state index contributed by atoms with van der Waals surface area (Å²) in [5.41, 5.74) is 2.87. The summed E-state index contributed by atoms with van der Waals surface area (Å²) in [5.74, 6) is 5.44. The van der Waals surface area contributed by atoms with Gasteiger partial charge in [0.15, 0.2) is 0 Å². The van der Waals surface area contributed by atoms with Crippen molar-refractivity contribution in [2.45, 2.75) is 57.1 Å². The summed E-state index contributed by atoms with van der Waals surface area (Å²) in [6, 6.07) is 4.36. The van der Waals surface area contributed by atoms with Gasteiger partial charge in [0.1, 0.15) is 5.82 Å². The van der Waals surface area contributed by atoms with Crippen LogP contribution in [0.4, 0.5) is 4.39 Å². The molecule has 0 radical (unpaired) electrons. The number of nitrogens with two attached hydrogens (primary N) is 1. The van der Waals surface area contributed by atoms with Crippen molar-refractivity contribution in [3.8, 4) is 0 Å². The first-order valence-corrected chi connectivity index (χ1v) is 8.06. The van der Waals surface area contributed by atoms with Gasteiger partial charge in [-0.2, -0.15) is 0 Å². The lowest BCUT2D eigenvalue weighted by molar-refractivity contribution is -0.0789. The zero-order valence-corrected chi connectivity index (χ0v) is 13.3. The molecule has 0 spiro atoms. The van der Waals surface area contributed by atoms with Crippen molar-refractivity contribution in [3.63, 3.8) is 0 Å². The quantitative estimate of drug-likeness (QED) is 0.488. The Morgan fingerprint density at radius 2 is 2.00 bits per heavy atom. The van der Waals surface area contributed by atoms with Crippen LogP contribution in [-0.4, -0.2) is 12.2 Å². The third-order valence-corrected chi connectivity index (χ3v) is 4.58. The van der Waals surface area contributed by atoms with Crippen molar-refractivity contribution in [1.82, 2.24) is 5.43 Å². The number of hydrogen-bond acceptors (Lipinski definition) is 3. The number of hydrazine groups is 1. The monoisotopic (exact) mass is 314 g/mol. The van der Waals surface area contributed by atoms with Crippen LogP contribution in [0.15, 0.2) is 18.2 Å². The summed E-state index contributed by atoms with van der Waals surface area (Å²) < 4.78 is 20.4. The van der Waals surface area contributed by atoms with Crippen LogP contribution >= 0.6 is 11.6 Å². The predicted octanol–water partition coefficient (Wildman–Crippen LogP) is 4.11. The van der Waals surface area contributed by atoms with Gasteiger partial charge in [0, 0.05) is 17.2 Å². The van der Waals surface area contributed by atoms with Gasteiger partial charge in [-0.15, -0.1) is 0 Å². The first-order chi connectivity index (χ1) is 10.1. The Bertz CT molecular complexity index is 462. The topological polar surface area (TPSA) is 47.3 Å². The van der Waals surface area contributed by atoms with E-state index >= 15 is 0 Å². The molecule has 1 aliphatic carbocycles. The van der Waals surface area contributed by atoms with E-state index in [0.29, 0.717) is 17.2 Å². The fraction of sp³-hybridized carbons (Fsp3) is 0.625. The highest BCUT2D eigenvalue weighted by Gasteiger charge is 2.41. The average molecular weight is 315 g/mol. The number of ether oxygens (including phenoxy) is 1. The Morgan fingerprint density at radius 3 is 2.52 bits per heavy atom. The number of benzene rings is 1. The highest BCUT2D eigenvalue weighted by molar-refractivity contribution is 6.30. The molecule has 1 saturated carbocycles. The molecular weight excluding hydrogens is 291 g/mol. The maximum atomic E-state index is 14.3. The number of rotatable bonds is 5. The third-order valence-electron chi connectivity index (χ3n) is 4.35. The molecular formula is C16H24ClFN2O. The van der Waals surface area contributed by atoms with E-state index in [1.807, 2.05) is 6.92 Å². The van der Waals surface area contributed by atoms with E-state index < -0.39 is 5.60 Å². The van der Waals surface area contributed by atoms with Crippen LogP contribution in [-0.2, 0) is 4.74 Å². The van der Waals surface area contributed by atoms with Crippen LogP contribution in [0.25, 0.3) is 0 Å². The normalized spacial score (nSPS) is 20.0. The molecule has 2 rings (SSSR count). The Hall–Kier alpha value is -0.680. The van der Waals surface area contributed by atoms with E-state index in [-0.39, 0.29) is 11.9 Å². The van der Waals surface area contributed by atoms with E-state index in [4.69, 9.17) is 22.2 Å². The van der Waals surface area contributed by atoms with Gasteiger partial charge in [0.05, 0.1) is 11.6 Å². The molecule has 21 heavy (non-hydrogen) atoms. The third kappa shape index (κ3) is 3.75.